The van der Waals surface area contributed by atoms with E-state index in [0.29, 0.717) is 18.0 Å². The molecule has 1 amide bonds. The molecule has 4 radical (unpaired) electrons. The van der Waals surface area contributed by atoms with Gasteiger partial charge in [-0.15, -0.1) is 0 Å². The average molecular weight is 344 g/mol. The van der Waals surface area contributed by atoms with Gasteiger partial charge in [0.25, 0.3) is 0 Å². The molecular formula is C14H15B2ClN4OS. The molecule has 0 unspecified atom stereocenters. The van der Waals surface area contributed by atoms with E-state index in [0.717, 1.165) is 5.69 Å². The van der Waals surface area contributed by atoms with Crippen LogP contribution in [-0.4, -0.2) is 54.9 Å². The first kappa shape index (κ1) is 17.9. The van der Waals surface area contributed by atoms with Gasteiger partial charge in [0.15, 0.2) is 5.15 Å². The van der Waals surface area contributed by atoms with Gasteiger partial charge in [0.2, 0.25) is 5.91 Å². The van der Waals surface area contributed by atoms with Gasteiger partial charge >= 0.3 is 0 Å². The van der Waals surface area contributed by atoms with Gasteiger partial charge in [0, 0.05) is 12.7 Å². The summed E-state index contributed by atoms with van der Waals surface area (Å²) in [6, 6.07) is 3.62. The molecule has 2 rings (SSSR count). The molecule has 0 atom stereocenters. The van der Waals surface area contributed by atoms with Crippen LogP contribution in [0, 0.1) is 0 Å². The molecule has 2 heterocycles. The molecule has 23 heavy (non-hydrogen) atoms. The van der Waals surface area contributed by atoms with Crippen molar-refractivity contribution in [1.29, 1.82) is 0 Å². The first-order valence-corrected chi connectivity index (χ1v) is 8.72. The molecule has 0 aliphatic rings. The Balaban J connectivity index is 2.36. The average Bonchev–Trinajstić information content (AvgIpc) is 2.91. The van der Waals surface area contributed by atoms with Crippen LogP contribution in [0.1, 0.15) is 6.92 Å². The lowest BCUT2D eigenvalue weighted by atomic mass is 9.55. The van der Waals surface area contributed by atoms with Crippen LogP contribution in [0.5, 0.6) is 0 Å². The quantitative estimate of drug-likeness (QED) is 0.753. The van der Waals surface area contributed by atoms with Crippen LogP contribution >= 0.6 is 23.4 Å². The molecule has 0 aromatic carbocycles. The topological polar surface area (TPSA) is 51.0 Å². The normalized spacial score (nSPS) is 11.4. The minimum Gasteiger partial charge on any atom is -0.309 e. The third-order valence-electron chi connectivity index (χ3n) is 3.20. The summed E-state index contributed by atoms with van der Waals surface area (Å²) in [4.78, 5) is 18.1. The minimum absolute atomic E-state index is 0.198. The fourth-order valence-corrected chi connectivity index (χ4v) is 2.95. The predicted octanol–water partition coefficient (Wildman–Crippen LogP) is 2.09. The van der Waals surface area contributed by atoms with E-state index in [9.17, 15) is 4.79 Å². The zero-order valence-corrected chi connectivity index (χ0v) is 14.5. The first-order chi connectivity index (χ1) is 10.9. The Morgan fingerprint density at radius 1 is 1.52 bits per heavy atom. The van der Waals surface area contributed by atoms with Crippen LogP contribution < -0.4 is 4.90 Å². The number of rotatable bonds is 6. The summed E-state index contributed by atoms with van der Waals surface area (Å²) >= 11 is 7.61. The molecule has 0 N–H and O–H groups in total. The molecule has 2 aromatic heterocycles. The number of carbonyl (C=O) groups excluding carboxylic acids is 1. The number of hydrogen-bond donors (Lipinski definition) is 0. The highest BCUT2D eigenvalue weighted by Gasteiger charge is 2.32. The summed E-state index contributed by atoms with van der Waals surface area (Å²) in [5.41, 5.74) is 1.20. The number of halogens is 1. The number of pyridine rings is 1. The SMILES string of the molecule is [B]C([B])(CSC)C(=O)N(CC)c1cn(-c2cccnc2)nc1Cl. The van der Waals surface area contributed by atoms with Gasteiger partial charge in [0.1, 0.15) is 5.69 Å². The van der Waals surface area contributed by atoms with Gasteiger partial charge in [0.05, 0.1) is 33.8 Å². The van der Waals surface area contributed by atoms with E-state index < -0.39 is 11.1 Å². The molecule has 2 aromatic rings. The molecular weight excluding hydrogens is 329 g/mol. The maximum absolute atomic E-state index is 12.6. The van der Waals surface area contributed by atoms with Crippen LogP contribution in [0.2, 0.25) is 10.4 Å². The van der Waals surface area contributed by atoms with E-state index in [2.05, 4.69) is 10.1 Å². The van der Waals surface area contributed by atoms with Gasteiger partial charge in [-0.1, -0.05) is 11.6 Å². The number of anilines is 1. The van der Waals surface area contributed by atoms with Crippen molar-refractivity contribution in [1.82, 2.24) is 14.8 Å². The fraction of sp³-hybridized carbons (Fsp3) is 0.357. The zero-order valence-electron chi connectivity index (χ0n) is 12.9. The van der Waals surface area contributed by atoms with Crippen molar-refractivity contribution in [2.24, 2.45) is 0 Å². The molecule has 9 heteroatoms. The summed E-state index contributed by atoms with van der Waals surface area (Å²) in [7, 11) is 11.9. The molecule has 0 saturated heterocycles. The Bertz CT molecular complexity index is 681. The van der Waals surface area contributed by atoms with Crippen molar-refractivity contribution < 1.29 is 4.79 Å². The van der Waals surface area contributed by atoms with E-state index in [1.54, 1.807) is 29.3 Å². The third-order valence-corrected chi connectivity index (χ3v) is 4.23. The Labute approximate surface area is 147 Å². The summed E-state index contributed by atoms with van der Waals surface area (Å²) in [6.45, 7) is 2.20. The highest BCUT2D eigenvalue weighted by atomic mass is 35.5. The van der Waals surface area contributed by atoms with Crippen LogP contribution in [0.15, 0.2) is 30.7 Å². The van der Waals surface area contributed by atoms with Crippen LogP contribution in [-0.2, 0) is 4.79 Å². The fourth-order valence-electron chi connectivity index (χ4n) is 2.12. The Kier molecular flexibility index (Phi) is 5.81. The monoisotopic (exact) mass is 344 g/mol. The van der Waals surface area contributed by atoms with Crippen molar-refractivity contribution >= 4 is 50.6 Å². The van der Waals surface area contributed by atoms with Gasteiger partial charge in [-0.05, 0) is 36.3 Å². The van der Waals surface area contributed by atoms with Crippen LogP contribution in [0.4, 0.5) is 5.69 Å². The van der Waals surface area contributed by atoms with Crippen LogP contribution in [0.3, 0.4) is 0 Å². The summed E-state index contributed by atoms with van der Waals surface area (Å²) in [5, 5.41) is 2.96. The predicted molar refractivity (Wildman–Crippen MR) is 97.0 cm³/mol. The molecule has 0 aliphatic carbocycles. The van der Waals surface area contributed by atoms with E-state index in [1.165, 1.54) is 16.7 Å². The van der Waals surface area contributed by atoms with E-state index in [4.69, 9.17) is 27.3 Å². The van der Waals surface area contributed by atoms with E-state index in [-0.39, 0.29) is 5.15 Å². The lowest BCUT2D eigenvalue weighted by molar-refractivity contribution is -0.119. The molecule has 0 bridgehead atoms. The van der Waals surface area contributed by atoms with Gasteiger partial charge in [-0.25, -0.2) is 4.68 Å². The van der Waals surface area contributed by atoms with E-state index >= 15 is 0 Å². The zero-order chi connectivity index (χ0) is 17.0. The largest absolute Gasteiger partial charge is 0.309 e. The van der Waals surface area contributed by atoms with Crippen molar-refractivity contribution in [2.75, 3.05) is 23.5 Å². The lowest BCUT2D eigenvalue weighted by Gasteiger charge is -2.31. The maximum Gasteiger partial charge on any atom is 0.216 e. The molecule has 0 spiro atoms. The number of aromatic nitrogens is 3. The number of nitrogens with zero attached hydrogens (tertiary/aromatic N) is 4. The molecule has 116 valence electrons. The summed E-state index contributed by atoms with van der Waals surface area (Å²) in [6.07, 6.45) is 6.81. The molecule has 5 nitrogen and oxygen atoms in total. The van der Waals surface area contributed by atoms with E-state index in [1.807, 2.05) is 19.2 Å². The highest BCUT2D eigenvalue weighted by Crippen LogP contribution is 2.31. The van der Waals surface area contributed by atoms with Gasteiger partial charge in [-0.3, -0.25) is 9.78 Å². The maximum atomic E-state index is 12.6. The number of thioether (sulfide) groups is 1. The van der Waals surface area contributed by atoms with Gasteiger partial charge in [-0.2, -0.15) is 16.9 Å². The molecule has 0 saturated carbocycles. The Morgan fingerprint density at radius 3 is 2.83 bits per heavy atom. The second-order valence-electron chi connectivity index (χ2n) is 4.98. The standard InChI is InChI=1S/C14H15B2ClN4OS/c1-3-20(13(22)14(15,16)9-23-2)11-8-21(19-12(11)17)10-5-4-6-18-7-10/h4-8H,3,9H2,1-2H3. The lowest BCUT2D eigenvalue weighted by Crippen LogP contribution is -2.42. The summed E-state index contributed by atoms with van der Waals surface area (Å²) < 4.78 is 1.56. The summed E-state index contributed by atoms with van der Waals surface area (Å²) in [5.74, 6) is -0.0987. The van der Waals surface area contributed by atoms with Crippen molar-refractivity contribution in [2.45, 2.75) is 12.1 Å². The molecule has 0 fully saturated rings. The number of amides is 1. The second-order valence-corrected chi connectivity index (χ2v) is 6.21. The van der Waals surface area contributed by atoms with Crippen LogP contribution in [0.25, 0.3) is 5.69 Å². The Hall–Kier alpha value is -1.40. The molecule has 0 aliphatic heterocycles. The third kappa shape index (κ3) is 3.93. The minimum atomic E-state index is -1.46. The highest BCUT2D eigenvalue weighted by molar-refractivity contribution is 7.98. The Morgan fingerprint density at radius 2 is 2.26 bits per heavy atom. The smallest absolute Gasteiger partial charge is 0.216 e. The first-order valence-electron chi connectivity index (χ1n) is 6.95. The van der Waals surface area contributed by atoms with Gasteiger partial charge < -0.3 is 4.90 Å². The van der Waals surface area contributed by atoms with Crippen molar-refractivity contribution in [3.05, 3.63) is 35.9 Å². The number of carbonyl (C=O) groups is 1. The van der Waals surface area contributed by atoms with Crippen molar-refractivity contribution in [3.8, 4) is 5.69 Å². The van der Waals surface area contributed by atoms with Crippen molar-refractivity contribution in [3.63, 3.8) is 0 Å². The number of hydrogen-bond acceptors (Lipinski definition) is 4. The second kappa shape index (κ2) is 7.45.